The number of rotatable bonds is 7. The molecule has 0 radical (unpaired) electrons. The highest BCUT2D eigenvalue weighted by molar-refractivity contribution is 6.05. The van der Waals surface area contributed by atoms with Gasteiger partial charge in [0, 0.05) is 18.2 Å². The Morgan fingerprint density at radius 1 is 0.897 bits per heavy atom. The fourth-order valence-electron chi connectivity index (χ4n) is 2.75. The van der Waals surface area contributed by atoms with Crippen LogP contribution in [0.4, 0.5) is 11.4 Å². The van der Waals surface area contributed by atoms with Crippen LogP contribution >= 0.6 is 0 Å². The highest BCUT2D eigenvalue weighted by atomic mass is 16.5. The van der Waals surface area contributed by atoms with Crippen molar-refractivity contribution in [1.82, 2.24) is 0 Å². The van der Waals surface area contributed by atoms with Gasteiger partial charge in [0.15, 0.2) is 0 Å². The quantitative estimate of drug-likeness (QED) is 0.623. The van der Waals surface area contributed by atoms with E-state index in [0.717, 1.165) is 5.56 Å². The van der Waals surface area contributed by atoms with Crippen LogP contribution in [-0.2, 0) is 11.4 Å². The van der Waals surface area contributed by atoms with Gasteiger partial charge in [-0.05, 0) is 42.0 Å². The molecule has 0 aromatic heterocycles. The second-order valence-electron chi connectivity index (χ2n) is 6.35. The van der Waals surface area contributed by atoms with Gasteiger partial charge in [-0.3, -0.25) is 9.59 Å². The Balaban J connectivity index is 1.73. The first-order valence-corrected chi connectivity index (χ1v) is 9.09. The van der Waals surface area contributed by atoms with Gasteiger partial charge < -0.3 is 20.1 Å². The second kappa shape index (κ2) is 9.41. The lowest BCUT2D eigenvalue weighted by Crippen LogP contribution is -2.13. The van der Waals surface area contributed by atoms with Gasteiger partial charge in [-0.1, -0.05) is 36.4 Å². The number of methoxy groups -OCH3 is 1. The minimum Gasteiger partial charge on any atom is -0.495 e. The first kappa shape index (κ1) is 19.9. The molecule has 3 aromatic rings. The standard InChI is InChI=1S/C23H22N2O4/c1-16(26)24-19-11-12-22(28-2)21(14-19)25-23(27)18-9-6-10-20(13-18)29-15-17-7-4-3-5-8-17/h3-14H,15H2,1-2H3,(H,24,26)(H,25,27). The third-order valence-electron chi connectivity index (χ3n) is 4.11. The van der Waals surface area contributed by atoms with Crippen LogP contribution in [-0.4, -0.2) is 18.9 Å². The van der Waals surface area contributed by atoms with Crippen LogP contribution in [0, 0.1) is 0 Å². The van der Waals surface area contributed by atoms with E-state index in [1.165, 1.54) is 14.0 Å². The Hall–Kier alpha value is -3.80. The molecule has 0 heterocycles. The summed E-state index contributed by atoms with van der Waals surface area (Å²) in [6.07, 6.45) is 0. The normalized spacial score (nSPS) is 10.1. The van der Waals surface area contributed by atoms with E-state index < -0.39 is 0 Å². The molecule has 0 aliphatic heterocycles. The molecule has 0 unspecified atom stereocenters. The molecule has 6 heteroatoms. The average Bonchev–Trinajstić information content (AvgIpc) is 2.73. The second-order valence-corrected chi connectivity index (χ2v) is 6.35. The zero-order chi connectivity index (χ0) is 20.6. The van der Waals surface area contributed by atoms with Gasteiger partial charge in [-0.25, -0.2) is 0 Å². The molecular weight excluding hydrogens is 368 g/mol. The number of anilines is 2. The molecule has 0 spiro atoms. The summed E-state index contributed by atoms with van der Waals surface area (Å²) in [5.74, 6) is 0.577. The lowest BCUT2D eigenvalue weighted by atomic mass is 10.2. The Kier molecular flexibility index (Phi) is 6.47. The Morgan fingerprint density at radius 3 is 2.41 bits per heavy atom. The molecule has 3 aromatic carbocycles. The van der Waals surface area contributed by atoms with Crippen LogP contribution in [0.15, 0.2) is 72.8 Å². The van der Waals surface area contributed by atoms with Gasteiger partial charge in [0.05, 0.1) is 12.8 Å². The number of carbonyl (C=O) groups excluding carboxylic acids is 2. The molecule has 0 fully saturated rings. The molecule has 0 saturated heterocycles. The molecule has 0 bridgehead atoms. The average molecular weight is 390 g/mol. The maximum Gasteiger partial charge on any atom is 0.255 e. The van der Waals surface area contributed by atoms with E-state index in [1.807, 2.05) is 30.3 Å². The fraction of sp³-hybridized carbons (Fsp3) is 0.130. The SMILES string of the molecule is COc1ccc(NC(C)=O)cc1NC(=O)c1cccc(OCc2ccccc2)c1. The van der Waals surface area contributed by atoms with Gasteiger partial charge >= 0.3 is 0 Å². The van der Waals surface area contributed by atoms with Crippen molar-refractivity contribution in [2.24, 2.45) is 0 Å². The van der Waals surface area contributed by atoms with Crippen molar-refractivity contribution >= 4 is 23.2 Å². The number of amides is 2. The van der Waals surface area contributed by atoms with Crippen molar-refractivity contribution in [1.29, 1.82) is 0 Å². The number of nitrogens with one attached hydrogen (secondary N) is 2. The van der Waals surface area contributed by atoms with Crippen molar-refractivity contribution in [3.8, 4) is 11.5 Å². The molecule has 0 aliphatic carbocycles. The topological polar surface area (TPSA) is 76.7 Å². The van der Waals surface area contributed by atoms with Crippen LogP contribution in [0.5, 0.6) is 11.5 Å². The third kappa shape index (κ3) is 5.59. The first-order chi connectivity index (χ1) is 14.0. The minimum absolute atomic E-state index is 0.198. The van der Waals surface area contributed by atoms with Gasteiger partial charge in [0.2, 0.25) is 5.91 Å². The molecular formula is C23H22N2O4. The Bertz CT molecular complexity index is 1000. The third-order valence-corrected chi connectivity index (χ3v) is 4.11. The Morgan fingerprint density at radius 2 is 1.69 bits per heavy atom. The zero-order valence-electron chi connectivity index (χ0n) is 16.3. The van der Waals surface area contributed by atoms with Crippen LogP contribution in [0.25, 0.3) is 0 Å². The maximum absolute atomic E-state index is 12.7. The summed E-state index contributed by atoms with van der Waals surface area (Å²) in [6.45, 7) is 1.84. The van der Waals surface area contributed by atoms with Crippen LogP contribution in [0.1, 0.15) is 22.8 Å². The van der Waals surface area contributed by atoms with E-state index in [-0.39, 0.29) is 11.8 Å². The van der Waals surface area contributed by atoms with E-state index in [1.54, 1.807) is 42.5 Å². The number of hydrogen-bond donors (Lipinski definition) is 2. The molecule has 2 N–H and O–H groups in total. The van der Waals surface area contributed by atoms with Crippen molar-refractivity contribution in [2.75, 3.05) is 17.7 Å². The number of carbonyl (C=O) groups is 2. The summed E-state index contributed by atoms with van der Waals surface area (Å²) in [5.41, 5.74) is 2.51. The predicted octanol–water partition coefficient (Wildman–Crippen LogP) is 4.48. The summed E-state index contributed by atoms with van der Waals surface area (Å²) in [6, 6.07) is 21.8. The molecule has 2 amide bonds. The molecule has 0 atom stereocenters. The fourth-order valence-corrected chi connectivity index (χ4v) is 2.75. The summed E-state index contributed by atoms with van der Waals surface area (Å²) < 4.78 is 11.1. The number of benzene rings is 3. The van der Waals surface area contributed by atoms with E-state index in [4.69, 9.17) is 9.47 Å². The predicted molar refractivity (Wildman–Crippen MR) is 112 cm³/mol. The van der Waals surface area contributed by atoms with E-state index in [9.17, 15) is 9.59 Å². The summed E-state index contributed by atoms with van der Waals surface area (Å²) >= 11 is 0. The van der Waals surface area contributed by atoms with Gasteiger partial charge in [0.1, 0.15) is 18.1 Å². The molecule has 3 rings (SSSR count). The van der Waals surface area contributed by atoms with Gasteiger partial charge in [-0.2, -0.15) is 0 Å². The van der Waals surface area contributed by atoms with Crippen molar-refractivity contribution < 1.29 is 19.1 Å². The van der Waals surface area contributed by atoms with Crippen molar-refractivity contribution in [3.05, 3.63) is 83.9 Å². The van der Waals surface area contributed by atoms with Crippen molar-refractivity contribution in [2.45, 2.75) is 13.5 Å². The minimum atomic E-state index is -0.312. The van der Waals surface area contributed by atoms with Crippen LogP contribution < -0.4 is 20.1 Å². The van der Waals surface area contributed by atoms with Crippen LogP contribution in [0.3, 0.4) is 0 Å². The summed E-state index contributed by atoms with van der Waals surface area (Å²) in [4.78, 5) is 24.0. The lowest BCUT2D eigenvalue weighted by molar-refractivity contribution is -0.114. The summed E-state index contributed by atoms with van der Waals surface area (Å²) in [7, 11) is 1.51. The van der Waals surface area contributed by atoms with Gasteiger partial charge in [0.25, 0.3) is 5.91 Å². The molecule has 0 aliphatic rings. The van der Waals surface area contributed by atoms with Crippen LogP contribution in [0.2, 0.25) is 0 Å². The number of ether oxygens (including phenoxy) is 2. The van der Waals surface area contributed by atoms with Gasteiger partial charge in [-0.15, -0.1) is 0 Å². The molecule has 6 nitrogen and oxygen atoms in total. The number of hydrogen-bond acceptors (Lipinski definition) is 4. The molecule has 148 valence electrons. The molecule has 29 heavy (non-hydrogen) atoms. The van der Waals surface area contributed by atoms with Crippen molar-refractivity contribution in [3.63, 3.8) is 0 Å². The molecule has 0 saturated carbocycles. The maximum atomic E-state index is 12.7. The highest BCUT2D eigenvalue weighted by Crippen LogP contribution is 2.28. The zero-order valence-corrected chi connectivity index (χ0v) is 16.3. The smallest absolute Gasteiger partial charge is 0.255 e. The van der Waals surface area contributed by atoms with E-state index in [2.05, 4.69) is 10.6 Å². The van der Waals surface area contributed by atoms with E-state index >= 15 is 0 Å². The summed E-state index contributed by atoms with van der Waals surface area (Å²) in [5, 5.41) is 5.51. The first-order valence-electron chi connectivity index (χ1n) is 9.09. The lowest BCUT2D eigenvalue weighted by Gasteiger charge is -2.13. The highest BCUT2D eigenvalue weighted by Gasteiger charge is 2.12. The van der Waals surface area contributed by atoms with E-state index in [0.29, 0.717) is 35.0 Å². The monoisotopic (exact) mass is 390 g/mol. The Labute approximate surface area is 169 Å². The largest absolute Gasteiger partial charge is 0.495 e.